The van der Waals surface area contributed by atoms with Gasteiger partial charge in [-0.3, -0.25) is 4.90 Å². The van der Waals surface area contributed by atoms with E-state index in [2.05, 4.69) is 57.4 Å². The molecule has 3 aliphatic rings. The molecule has 0 amide bonds. The largest absolute Gasteiger partial charge is 0.486 e. The lowest BCUT2D eigenvalue weighted by Crippen LogP contribution is -2.34. The van der Waals surface area contributed by atoms with Crippen molar-refractivity contribution in [3.8, 4) is 17.2 Å². The van der Waals surface area contributed by atoms with E-state index in [1.54, 1.807) is 0 Å². The molecule has 1 atom stereocenters. The standard InChI is InChI=1S/C27H32N4O2/c1-2-7-20(8-3-1)18-30-14-6-9-21(19-30)26-23-10-4-5-13-28-27(23)31(29-26)22-11-12-24-25(17-22)33-16-15-32-24/h1-3,7-8,11-12,17,21,28H,4-6,9-10,13-16,18-19H2. The number of nitrogens with one attached hydrogen (secondary N) is 1. The molecule has 1 unspecified atom stereocenters. The highest BCUT2D eigenvalue weighted by Gasteiger charge is 2.30. The zero-order chi connectivity index (χ0) is 22.0. The first-order valence-corrected chi connectivity index (χ1v) is 12.4. The highest BCUT2D eigenvalue weighted by atomic mass is 16.6. The number of anilines is 1. The van der Waals surface area contributed by atoms with Crippen molar-refractivity contribution < 1.29 is 9.47 Å². The van der Waals surface area contributed by atoms with Crippen molar-refractivity contribution in [1.82, 2.24) is 14.7 Å². The van der Waals surface area contributed by atoms with Crippen LogP contribution >= 0.6 is 0 Å². The summed E-state index contributed by atoms with van der Waals surface area (Å²) in [6, 6.07) is 17.0. The van der Waals surface area contributed by atoms with Crippen LogP contribution in [0.15, 0.2) is 48.5 Å². The number of nitrogens with zero attached hydrogens (tertiary/aromatic N) is 3. The summed E-state index contributed by atoms with van der Waals surface area (Å²) >= 11 is 0. The van der Waals surface area contributed by atoms with E-state index in [-0.39, 0.29) is 0 Å². The molecule has 0 spiro atoms. The summed E-state index contributed by atoms with van der Waals surface area (Å²) in [5.74, 6) is 3.26. The molecule has 1 fully saturated rings. The smallest absolute Gasteiger partial charge is 0.163 e. The van der Waals surface area contributed by atoms with Gasteiger partial charge in [0, 0.05) is 37.2 Å². The number of fused-ring (bicyclic) bond motifs is 2. The minimum atomic E-state index is 0.467. The van der Waals surface area contributed by atoms with Crippen LogP contribution in [0.3, 0.4) is 0 Å². The number of ether oxygens (including phenoxy) is 2. The number of rotatable bonds is 4. The molecule has 0 saturated carbocycles. The fraction of sp³-hybridized carbons (Fsp3) is 0.444. The molecule has 3 aromatic rings. The van der Waals surface area contributed by atoms with Crippen LogP contribution in [0, 0.1) is 0 Å². The summed E-state index contributed by atoms with van der Waals surface area (Å²) in [4.78, 5) is 2.60. The van der Waals surface area contributed by atoms with Crippen LogP contribution < -0.4 is 14.8 Å². The first-order chi connectivity index (χ1) is 16.3. The molecule has 0 bridgehead atoms. The van der Waals surface area contributed by atoms with Gasteiger partial charge in [-0.1, -0.05) is 30.3 Å². The van der Waals surface area contributed by atoms with Gasteiger partial charge in [-0.25, -0.2) is 4.68 Å². The highest BCUT2D eigenvalue weighted by molar-refractivity contribution is 5.58. The van der Waals surface area contributed by atoms with Gasteiger partial charge in [-0.2, -0.15) is 5.10 Å². The lowest BCUT2D eigenvalue weighted by Gasteiger charge is -2.32. The van der Waals surface area contributed by atoms with E-state index in [0.29, 0.717) is 19.1 Å². The topological polar surface area (TPSA) is 51.6 Å². The number of likely N-dealkylation sites (tertiary alicyclic amines) is 1. The second kappa shape index (κ2) is 9.10. The lowest BCUT2D eigenvalue weighted by molar-refractivity contribution is 0.171. The molecule has 1 aromatic heterocycles. The number of hydrogen-bond acceptors (Lipinski definition) is 5. The van der Waals surface area contributed by atoms with Gasteiger partial charge in [0.2, 0.25) is 0 Å². The molecule has 6 heteroatoms. The molecule has 1 saturated heterocycles. The Morgan fingerprint density at radius 3 is 2.76 bits per heavy atom. The second-order valence-corrected chi connectivity index (χ2v) is 9.40. The first kappa shape index (κ1) is 20.6. The Labute approximate surface area is 195 Å². The van der Waals surface area contributed by atoms with Crippen molar-refractivity contribution in [2.75, 3.05) is 38.2 Å². The van der Waals surface area contributed by atoms with E-state index >= 15 is 0 Å². The van der Waals surface area contributed by atoms with E-state index in [0.717, 1.165) is 49.8 Å². The van der Waals surface area contributed by atoms with Crippen molar-refractivity contribution in [2.24, 2.45) is 0 Å². The summed E-state index contributed by atoms with van der Waals surface area (Å²) in [5, 5.41) is 8.95. The summed E-state index contributed by atoms with van der Waals surface area (Å²) in [5.41, 5.74) is 5.12. The Morgan fingerprint density at radius 2 is 1.85 bits per heavy atom. The Balaban J connectivity index is 1.32. The number of benzene rings is 2. The summed E-state index contributed by atoms with van der Waals surface area (Å²) < 4.78 is 13.7. The van der Waals surface area contributed by atoms with Gasteiger partial charge in [0.05, 0.1) is 11.4 Å². The number of hydrogen-bond donors (Lipinski definition) is 1. The second-order valence-electron chi connectivity index (χ2n) is 9.40. The van der Waals surface area contributed by atoms with Crippen molar-refractivity contribution in [2.45, 2.75) is 44.6 Å². The van der Waals surface area contributed by atoms with E-state index in [9.17, 15) is 0 Å². The van der Waals surface area contributed by atoms with Crippen LogP contribution in [0.1, 0.15) is 48.4 Å². The van der Waals surface area contributed by atoms with Crippen molar-refractivity contribution in [3.05, 3.63) is 65.4 Å². The van der Waals surface area contributed by atoms with Crippen LogP contribution in [-0.4, -0.2) is 47.5 Å². The Bertz CT molecular complexity index is 1110. The predicted molar refractivity (Wildman–Crippen MR) is 130 cm³/mol. The van der Waals surface area contributed by atoms with Gasteiger partial charge < -0.3 is 14.8 Å². The van der Waals surface area contributed by atoms with Crippen LogP contribution in [0.5, 0.6) is 11.5 Å². The van der Waals surface area contributed by atoms with E-state index in [4.69, 9.17) is 14.6 Å². The molecule has 2 aromatic carbocycles. The maximum Gasteiger partial charge on any atom is 0.163 e. The van der Waals surface area contributed by atoms with Gasteiger partial charge in [-0.05, 0) is 56.3 Å². The molecule has 0 radical (unpaired) electrons. The van der Waals surface area contributed by atoms with E-state index in [1.165, 1.54) is 48.3 Å². The van der Waals surface area contributed by atoms with Crippen molar-refractivity contribution in [3.63, 3.8) is 0 Å². The van der Waals surface area contributed by atoms with E-state index in [1.807, 2.05) is 6.07 Å². The third-order valence-electron chi connectivity index (χ3n) is 7.07. The first-order valence-electron chi connectivity index (χ1n) is 12.4. The van der Waals surface area contributed by atoms with Gasteiger partial charge in [0.25, 0.3) is 0 Å². The fourth-order valence-electron chi connectivity index (χ4n) is 5.47. The summed E-state index contributed by atoms with van der Waals surface area (Å²) in [6.07, 6.45) is 5.92. The van der Waals surface area contributed by atoms with E-state index < -0.39 is 0 Å². The molecule has 3 aliphatic heterocycles. The summed E-state index contributed by atoms with van der Waals surface area (Å²) in [6.45, 7) is 5.44. The van der Waals surface area contributed by atoms with Gasteiger partial charge in [0.1, 0.15) is 19.0 Å². The van der Waals surface area contributed by atoms with Crippen molar-refractivity contribution in [1.29, 1.82) is 0 Å². The Morgan fingerprint density at radius 1 is 0.970 bits per heavy atom. The van der Waals surface area contributed by atoms with Crippen LogP contribution in [-0.2, 0) is 13.0 Å². The minimum absolute atomic E-state index is 0.467. The normalized spacial score (nSPS) is 20.5. The molecular weight excluding hydrogens is 412 g/mol. The summed E-state index contributed by atoms with van der Waals surface area (Å²) in [7, 11) is 0. The Hall–Kier alpha value is -2.99. The highest BCUT2D eigenvalue weighted by Crippen LogP contribution is 2.38. The third kappa shape index (κ3) is 4.20. The average Bonchev–Trinajstić information content (AvgIpc) is 3.05. The number of aromatic nitrogens is 2. The molecule has 4 heterocycles. The molecule has 6 nitrogen and oxygen atoms in total. The SMILES string of the molecule is c1ccc(CN2CCCC(c3nn(-c4ccc5c(c4)OCCO5)c4c3CCCCN4)C2)cc1. The maximum atomic E-state index is 5.85. The van der Waals surface area contributed by atoms with Gasteiger partial charge >= 0.3 is 0 Å². The molecular formula is C27H32N4O2. The Kier molecular flexibility index (Phi) is 5.68. The van der Waals surface area contributed by atoms with Gasteiger partial charge in [0.15, 0.2) is 11.5 Å². The zero-order valence-electron chi connectivity index (χ0n) is 19.1. The quantitative estimate of drug-likeness (QED) is 0.628. The van der Waals surface area contributed by atoms with Crippen molar-refractivity contribution >= 4 is 5.82 Å². The lowest BCUT2D eigenvalue weighted by atomic mass is 9.91. The van der Waals surface area contributed by atoms with Gasteiger partial charge in [-0.15, -0.1) is 0 Å². The fourth-order valence-corrected chi connectivity index (χ4v) is 5.47. The average molecular weight is 445 g/mol. The monoisotopic (exact) mass is 444 g/mol. The molecule has 33 heavy (non-hydrogen) atoms. The number of piperidine rings is 1. The van der Waals surface area contributed by atoms with Crippen LogP contribution in [0.2, 0.25) is 0 Å². The molecule has 0 aliphatic carbocycles. The van der Waals surface area contributed by atoms with Crippen LogP contribution in [0.4, 0.5) is 5.82 Å². The zero-order valence-corrected chi connectivity index (χ0v) is 19.1. The molecule has 1 N–H and O–H groups in total. The maximum absolute atomic E-state index is 5.85. The molecule has 172 valence electrons. The minimum Gasteiger partial charge on any atom is -0.486 e. The third-order valence-corrected chi connectivity index (χ3v) is 7.07. The van der Waals surface area contributed by atoms with Crippen LogP contribution in [0.25, 0.3) is 5.69 Å². The molecule has 6 rings (SSSR count). The predicted octanol–water partition coefficient (Wildman–Crippen LogP) is 4.77.